The van der Waals surface area contributed by atoms with Crippen LogP contribution in [0.3, 0.4) is 0 Å². The van der Waals surface area contributed by atoms with Crippen molar-refractivity contribution in [2.45, 2.75) is 51.2 Å². The number of thiocarbonyl (C=S) groups is 1. The fourth-order valence-corrected chi connectivity index (χ4v) is 4.93. The fourth-order valence-electron chi connectivity index (χ4n) is 4.54. The lowest BCUT2D eigenvalue weighted by molar-refractivity contribution is -0.148. The van der Waals surface area contributed by atoms with Gasteiger partial charge >= 0.3 is 6.18 Å². The number of alkyl halides is 3. The number of imide groups is 1. The zero-order valence-corrected chi connectivity index (χ0v) is 17.7. The molecule has 1 unspecified atom stereocenters. The van der Waals surface area contributed by atoms with Gasteiger partial charge in [-0.3, -0.25) is 19.8 Å². The highest BCUT2D eigenvalue weighted by Crippen LogP contribution is 2.31. The Morgan fingerprint density at radius 3 is 2.72 bits per heavy atom. The molecule has 1 aromatic heterocycles. The molecule has 168 valence electrons. The van der Waals surface area contributed by atoms with Crippen LogP contribution in [0.15, 0.2) is 18.2 Å². The summed E-state index contributed by atoms with van der Waals surface area (Å²) in [5.41, 5.74) is 2.89. The SMILES string of the molecule is O=C1CCC(N2Cc3cc(CN4CCn5c(nnc5C(F)(F)F)C4)ccc3C2=S)C(=O)N1. The Hall–Kier alpha value is -2.86. The van der Waals surface area contributed by atoms with Gasteiger partial charge in [0.2, 0.25) is 17.6 Å². The molecule has 0 spiro atoms. The number of hydrogen-bond acceptors (Lipinski definition) is 6. The number of carbonyl (C=O) groups is 2. The predicted octanol–water partition coefficient (Wildman–Crippen LogP) is 1.61. The van der Waals surface area contributed by atoms with E-state index in [9.17, 15) is 22.8 Å². The number of hydrogen-bond donors (Lipinski definition) is 1. The largest absolute Gasteiger partial charge is 0.451 e. The summed E-state index contributed by atoms with van der Waals surface area (Å²) in [6.45, 7) is 1.94. The first-order valence-corrected chi connectivity index (χ1v) is 10.6. The van der Waals surface area contributed by atoms with Gasteiger partial charge in [-0.1, -0.05) is 30.4 Å². The third kappa shape index (κ3) is 3.66. The number of rotatable bonds is 3. The van der Waals surface area contributed by atoms with Gasteiger partial charge in [-0.05, 0) is 17.5 Å². The van der Waals surface area contributed by atoms with Gasteiger partial charge < -0.3 is 9.47 Å². The minimum absolute atomic E-state index is 0.176. The van der Waals surface area contributed by atoms with E-state index in [4.69, 9.17) is 12.2 Å². The first kappa shape index (κ1) is 21.0. The van der Waals surface area contributed by atoms with Crippen molar-refractivity contribution in [3.63, 3.8) is 0 Å². The van der Waals surface area contributed by atoms with Crippen molar-refractivity contribution in [3.05, 3.63) is 46.5 Å². The average Bonchev–Trinajstić information content (AvgIpc) is 3.29. The molecule has 3 aliphatic rings. The average molecular weight is 464 g/mol. The third-order valence-electron chi connectivity index (χ3n) is 6.08. The highest BCUT2D eigenvalue weighted by atomic mass is 32.1. The maximum absolute atomic E-state index is 13.0. The van der Waals surface area contributed by atoms with Gasteiger partial charge in [-0.2, -0.15) is 13.2 Å². The highest BCUT2D eigenvalue weighted by Gasteiger charge is 2.40. The van der Waals surface area contributed by atoms with E-state index in [1.807, 2.05) is 28.0 Å². The third-order valence-corrected chi connectivity index (χ3v) is 6.53. The maximum Gasteiger partial charge on any atom is 0.451 e. The molecule has 8 nitrogen and oxygen atoms in total. The Morgan fingerprint density at radius 1 is 1.16 bits per heavy atom. The summed E-state index contributed by atoms with van der Waals surface area (Å²) < 4.78 is 40.2. The molecule has 5 rings (SSSR count). The number of halogens is 3. The van der Waals surface area contributed by atoms with E-state index in [-0.39, 0.29) is 31.3 Å². The van der Waals surface area contributed by atoms with Gasteiger partial charge in [0.1, 0.15) is 16.9 Å². The molecule has 2 aromatic rings. The standard InChI is InChI=1S/C20H19F3N6O2S/c21-20(22,23)19-26-25-15-10-27(5-6-28(15)19)8-11-1-2-13-12(7-11)9-29(18(13)32)14-3-4-16(30)24-17(14)31/h1-2,7,14H,3-6,8-10H2,(H,24,30,31). The van der Waals surface area contributed by atoms with Crippen LogP contribution in [0.5, 0.6) is 0 Å². The van der Waals surface area contributed by atoms with Crippen LogP contribution in [-0.2, 0) is 41.9 Å². The molecule has 1 fully saturated rings. The second-order valence-corrected chi connectivity index (χ2v) is 8.58. The predicted molar refractivity (Wildman–Crippen MR) is 109 cm³/mol. The first-order chi connectivity index (χ1) is 15.2. The van der Waals surface area contributed by atoms with E-state index >= 15 is 0 Å². The number of amides is 2. The van der Waals surface area contributed by atoms with Crippen molar-refractivity contribution >= 4 is 29.0 Å². The van der Waals surface area contributed by atoms with Crippen molar-refractivity contribution in [1.29, 1.82) is 0 Å². The quantitative estimate of drug-likeness (QED) is 0.546. The molecule has 2 amide bonds. The van der Waals surface area contributed by atoms with E-state index < -0.39 is 18.0 Å². The van der Waals surface area contributed by atoms with Gasteiger partial charge in [0.05, 0.1) is 6.54 Å². The van der Waals surface area contributed by atoms with Crippen LogP contribution in [0.1, 0.15) is 41.2 Å². The Bertz CT molecular complexity index is 1130. The number of piperidine rings is 1. The summed E-state index contributed by atoms with van der Waals surface area (Å²) >= 11 is 5.58. The van der Waals surface area contributed by atoms with Crippen molar-refractivity contribution in [3.8, 4) is 0 Å². The molecule has 4 heterocycles. The van der Waals surface area contributed by atoms with Crippen LogP contribution in [0.25, 0.3) is 0 Å². The number of fused-ring (bicyclic) bond motifs is 2. The van der Waals surface area contributed by atoms with E-state index in [1.165, 1.54) is 0 Å². The Labute approximate surface area is 186 Å². The molecule has 12 heteroatoms. The molecule has 0 radical (unpaired) electrons. The van der Waals surface area contributed by atoms with Crippen LogP contribution in [0.4, 0.5) is 13.2 Å². The molecule has 32 heavy (non-hydrogen) atoms. The molecular weight excluding hydrogens is 445 g/mol. The summed E-state index contributed by atoms with van der Waals surface area (Å²) in [6.07, 6.45) is -3.80. The van der Waals surface area contributed by atoms with Gasteiger partial charge in [-0.15, -0.1) is 10.2 Å². The van der Waals surface area contributed by atoms with Crippen LogP contribution in [0.2, 0.25) is 0 Å². The summed E-state index contributed by atoms with van der Waals surface area (Å²) in [6, 6.07) is 5.42. The van der Waals surface area contributed by atoms with Crippen molar-refractivity contribution < 1.29 is 22.8 Å². The van der Waals surface area contributed by atoms with Gasteiger partial charge in [0.25, 0.3) is 0 Å². The summed E-state index contributed by atoms with van der Waals surface area (Å²) in [4.78, 5) is 28.2. The molecular formula is C20H19F3N6O2S. The highest BCUT2D eigenvalue weighted by molar-refractivity contribution is 7.80. The van der Waals surface area contributed by atoms with Crippen molar-refractivity contribution in [2.24, 2.45) is 0 Å². The zero-order valence-electron chi connectivity index (χ0n) is 16.9. The van der Waals surface area contributed by atoms with Crippen LogP contribution >= 0.6 is 12.2 Å². The topological polar surface area (TPSA) is 83.4 Å². The maximum atomic E-state index is 13.0. The lowest BCUT2D eigenvalue weighted by Gasteiger charge is -2.30. The Morgan fingerprint density at radius 2 is 1.97 bits per heavy atom. The molecule has 1 N–H and O–H groups in total. The lowest BCUT2D eigenvalue weighted by atomic mass is 10.0. The molecule has 1 saturated heterocycles. The van der Waals surface area contributed by atoms with Gasteiger partial charge in [0, 0.05) is 38.2 Å². The zero-order chi connectivity index (χ0) is 22.6. The fraction of sp³-hybridized carbons (Fsp3) is 0.450. The second kappa shape index (κ2) is 7.62. The number of carbonyl (C=O) groups excluding carboxylic acids is 2. The normalized spacial score (nSPS) is 21.5. The van der Waals surface area contributed by atoms with Crippen molar-refractivity contribution in [1.82, 2.24) is 29.9 Å². The Kier molecular flexibility index (Phi) is 5.01. The lowest BCUT2D eigenvalue weighted by Crippen LogP contribution is -2.52. The minimum atomic E-state index is -4.51. The Balaban J connectivity index is 1.28. The minimum Gasteiger partial charge on any atom is -0.346 e. The monoisotopic (exact) mass is 464 g/mol. The van der Waals surface area contributed by atoms with E-state index in [0.29, 0.717) is 36.9 Å². The van der Waals surface area contributed by atoms with Gasteiger partial charge in [-0.25, -0.2) is 0 Å². The molecule has 0 saturated carbocycles. The smallest absolute Gasteiger partial charge is 0.346 e. The first-order valence-electron chi connectivity index (χ1n) is 10.2. The molecule has 1 aromatic carbocycles. The summed E-state index contributed by atoms with van der Waals surface area (Å²) in [5.74, 6) is -1.25. The summed E-state index contributed by atoms with van der Waals surface area (Å²) in [7, 11) is 0. The van der Waals surface area contributed by atoms with E-state index in [0.717, 1.165) is 21.3 Å². The van der Waals surface area contributed by atoms with E-state index in [2.05, 4.69) is 15.5 Å². The van der Waals surface area contributed by atoms with Crippen molar-refractivity contribution in [2.75, 3.05) is 6.54 Å². The van der Waals surface area contributed by atoms with Crippen LogP contribution in [-0.4, -0.2) is 54.0 Å². The summed E-state index contributed by atoms with van der Waals surface area (Å²) in [5, 5.41) is 9.41. The molecule has 1 atom stereocenters. The van der Waals surface area contributed by atoms with Crippen LogP contribution < -0.4 is 5.32 Å². The number of nitrogens with one attached hydrogen (secondary N) is 1. The number of nitrogens with zero attached hydrogens (tertiary/aromatic N) is 5. The molecule has 3 aliphatic heterocycles. The molecule has 0 aliphatic carbocycles. The second-order valence-electron chi connectivity index (χ2n) is 8.19. The van der Waals surface area contributed by atoms with E-state index in [1.54, 1.807) is 0 Å². The molecule has 0 bridgehead atoms. The number of aromatic nitrogens is 3. The number of benzene rings is 1. The van der Waals surface area contributed by atoms with Gasteiger partial charge in [0.15, 0.2) is 0 Å². The van der Waals surface area contributed by atoms with Crippen LogP contribution in [0, 0.1) is 0 Å².